The topological polar surface area (TPSA) is 71.9 Å². The molecule has 0 fully saturated rings. The van der Waals surface area contributed by atoms with Crippen LogP contribution in [0.3, 0.4) is 0 Å². The summed E-state index contributed by atoms with van der Waals surface area (Å²) in [7, 11) is 0. The van der Waals surface area contributed by atoms with Gasteiger partial charge in [-0.15, -0.1) is 11.3 Å². The molecule has 3 aromatic rings. The highest BCUT2D eigenvalue weighted by atomic mass is 35.5. The average molecular weight is 368 g/mol. The van der Waals surface area contributed by atoms with Gasteiger partial charge in [-0.25, -0.2) is 4.98 Å². The number of fused-ring (bicyclic) bond motifs is 3. The van der Waals surface area contributed by atoms with Crippen LogP contribution in [0.5, 0.6) is 5.75 Å². The zero-order valence-corrected chi connectivity index (χ0v) is 15.2. The van der Waals surface area contributed by atoms with Gasteiger partial charge in [0.15, 0.2) is 5.75 Å². The SMILES string of the molecule is Cc1cc(C)c2c3c(sc2n1)[C@H](c1ccccc1Cl)C(C#N)=C(N)O3. The molecular weight excluding hydrogens is 354 g/mol. The predicted octanol–water partition coefficient (Wildman–Crippen LogP) is 4.78. The molecule has 0 aliphatic carbocycles. The number of aryl methyl sites for hydroxylation is 2. The van der Waals surface area contributed by atoms with Crippen LogP contribution in [0.2, 0.25) is 5.02 Å². The van der Waals surface area contributed by atoms with Crippen LogP contribution in [-0.2, 0) is 0 Å². The normalized spacial score (nSPS) is 16.5. The number of halogens is 1. The van der Waals surface area contributed by atoms with Crippen LogP contribution < -0.4 is 10.5 Å². The summed E-state index contributed by atoms with van der Waals surface area (Å²) < 4.78 is 5.86. The first-order chi connectivity index (χ1) is 12.0. The van der Waals surface area contributed by atoms with Crippen LogP contribution in [0, 0.1) is 25.2 Å². The van der Waals surface area contributed by atoms with Crippen molar-refractivity contribution in [3.63, 3.8) is 0 Å². The lowest BCUT2D eigenvalue weighted by Gasteiger charge is -2.24. The van der Waals surface area contributed by atoms with E-state index in [-0.39, 0.29) is 11.8 Å². The largest absolute Gasteiger partial charge is 0.439 e. The highest BCUT2D eigenvalue weighted by Gasteiger charge is 2.35. The van der Waals surface area contributed by atoms with E-state index in [4.69, 9.17) is 22.1 Å². The summed E-state index contributed by atoms with van der Waals surface area (Å²) in [6.07, 6.45) is 0. The Morgan fingerprint density at radius 1 is 1.32 bits per heavy atom. The fourth-order valence-electron chi connectivity index (χ4n) is 3.28. The van der Waals surface area contributed by atoms with E-state index in [9.17, 15) is 5.26 Å². The summed E-state index contributed by atoms with van der Waals surface area (Å²) in [5, 5.41) is 11.2. The van der Waals surface area contributed by atoms with Gasteiger partial charge in [0.05, 0.1) is 16.2 Å². The summed E-state index contributed by atoms with van der Waals surface area (Å²) in [6.45, 7) is 3.99. The van der Waals surface area contributed by atoms with Crippen molar-refractivity contribution in [2.75, 3.05) is 0 Å². The van der Waals surface area contributed by atoms with Gasteiger partial charge in [0.25, 0.3) is 0 Å². The number of hydrogen-bond donors (Lipinski definition) is 1. The van der Waals surface area contributed by atoms with Gasteiger partial charge < -0.3 is 10.5 Å². The number of aromatic nitrogens is 1. The van der Waals surface area contributed by atoms with E-state index in [2.05, 4.69) is 11.1 Å². The molecule has 0 amide bonds. The van der Waals surface area contributed by atoms with Gasteiger partial charge in [-0.05, 0) is 37.1 Å². The Kier molecular flexibility index (Phi) is 3.68. The Balaban J connectivity index is 2.07. The molecule has 0 unspecified atom stereocenters. The molecular formula is C19H14ClN3OS. The predicted molar refractivity (Wildman–Crippen MR) is 99.8 cm³/mol. The van der Waals surface area contributed by atoms with Crippen molar-refractivity contribution in [2.24, 2.45) is 5.73 Å². The smallest absolute Gasteiger partial charge is 0.205 e. The number of nitrogens with two attached hydrogens (primary N) is 1. The lowest BCUT2D eigenvalue weighted by atomic mass is 9.88. The molecule has 124 valence electrons. The maximum Gasteiger partial charge on any atom is 0.205 e. The maximum absolute atomic E-state index is 9.66. The third-order valence-electron chi connectivity index (χ3n) is 4.33. The maximum atomic E-state index is 9.66. The Bertz CT molecular complexity index is 1090. The summed E-state index contributed by atoms with van der Waals surface area (Å²) in [4.78, 5) is 6.42. The van der Waals surface area contributed by atoms with Crippen molar-refractivity contribution < 1.29 is 4.74 Å². The number of thiophene rings is 1. The molecule has 1 aliphatic heterocycles. The summed E-state index contributed by atoms with van der Waals surface area (Å²) in [6, 6.07) is 11.7. The number of nitriles is 1. The number of rotatable bonds is 1. The van der Waals surface area contributed by atoms with Crippen LogP contribution in [0.1, 0.15) is 27.6 Å². The first-order valence-electron chi connectivity index (χ1n) is 7.74. The Labute approximate surface area is 154 Å². The van der Waals surface area contributed by atoms with Gasteiger partial charge in [0.1, 0.15) is 16.5 Å². The molecule has 2 aromatic heterocycles. The second kappa shape index (κ2) is 5.76. The molecule has 4 rings (SSSR count). The highest BCUT2D eigenvalue weighted by molar-refractivity contribution is 7.19. The van der Waals surface area contributed by atoms with E-state index in [0.717, 1.165) is 31.9 Å². The van der Waals surface area contributed by atoms with E-state index >= 15 is 0 Å². The van der Waals surface area contributed by atoms with Crippen molar-refractivity contribution in [2.45, 2.75) is 19.8 Å². The number of ether oxygens (including phenoxy) is 1. The molecule has 1 aromatic carbocycles. The summed E-state index contributed by atoms with van der Waals surface area (Å²) in [5.74, 6) is 0.465. The Morgan fingerprint density at radius 3 is 2.80 bits per heavy atom. The van der Waals surface area contributed by atoms with E-state index < -0.39 is 0 Å². The second-order valence-corrected chi connectivity index (χ2v) is 7.44. The third kappa shape index (κ3) is 2.38. The summed E-state index contributed by atoms with van der Waals surface area (Å²) in [5.41, 5.74) is 9.33. The summed E-state index contributed by atoms with van der Waals surface area (Å²) >= 11 is 7.95. The number of nitrogens with zero attached hydrogens (tertiary/aromatic N) is 2. The second-order valence-electron chi connectivity index (χ2n) is 6.00. The molecule has 1 aliphatic rings. The fourth-order valence-corrected chi connectivity index (χ4v) is 4.88. The minimum atomic E-state index is -0.346. The van der Waals surface area contributed by atoms with Gasteiger partial charge in [0.2, 0.25) is 5.88 Å². The highest BCUT2D eigenvalue weighted by Crippen LogP contribution is 2.51. The first kappa shape index (κ1) is 15.9. The van der Waals surface area contributed by atoms with E-state index in [1.165, 1.54) is 11.3 Å². The third-order valence-corrected chi connectivity index (χ3v) is 5.81. The Hall–Kier alpha value is -2.55. The lowest BCUT2D eigenvalue weighted by Crippen LogP contribution is -2.20. The average Bonchev–Trinajstić information content (AvgIpc) is 2.92. The van der Waals surface area contributed by atoms with E-state index in [1.807, 2.05) is 44.2 Å². The molecule has 6 heteroatoms. The molecule has 0 saturated carbocycles. The number of allylic oxidation sites excluding steroid dienone is 1. The molecule has 4 nitrogen and oxygen atoms in total. The molecule has 0 saturated heterocycles. The van der Waals surface area contributed by atoms with Crippen LogP contribution in [0.15, 0.2) is 41.8 Å². The lowest BCUT2D eigenvalue weighted by molar-refractivity contribution is 0.401. The van der Waals surface area contributed by atoms with Crippen LogP contribution in [-0.4, -0.2) is 4.98 Å². The number of hydrogen-bond acceptors (Lipinski definition) is 5. The van der Waals surface area contributed by atoms with Crippen molar-refractivity contribution in [1.29, 1.82) is 5.26 Å². The fraction of sp³-hybridized carbons (Fsp3) is 0.158. The molecule has 3 heterocycles. The standard InChI is InChI=1S/C19H14ClN3OS/c1-9-7-10(2)23-19-14(9)16-17(25-19)15(12(8-21)18(22)24-16)11-5-3-4-6-13(11)20/h3-7,15H,22H2,1-2H3/t15-/m1/s1. The minimum Gasteiger partial charge on any atom is -0.439 e. The van der Waals surface area contributed by atoms with Crippen molar-refractivity contribution in [1.82, 2.24) is 4.98 Å². The monoisotopic (exact) mass is 367 g/mol. The van der Waals surface area contributed by atoms with Crippen molar-refractivity contribution in [3.05, 3.63) is 68.5 Å². The quantitative estimate of drug-likeness (QED) is 0.671. The van der Waals surface area contributed by atoms with Gasteiger partial charge in [-0.1, -0.05) is 29.8 Å². The number of benzene rings is 1. The van der Waals surface area contributed by atoms with Gasteiger partial charge in [0, 0.05) is 10.7 Å². The zero-order valence-electron chi connectivity index (χ0n) is 13.6. The zero-order chi connectivity index (χ0) is 17.7. The molecule has 1 atom stereocenters. The van der Waals surface area contributed by atoms with Gasteiger partial charge >= 0.3 is 0 Å². The molecule has 0 bridgehead atoms. The van der Waals surface area contributed by atoms with Crippen LogP contribution >= 0.6 is 22.9 Å². The van der Waals surface area contributed by atoms with Crippen molar-refractivity contribution >= 4 is 33.2 Å². The Morgan fingerprint density at radius 2 is 2.08 bits per heavy atom. The van der Waals surface area contributed by atoms with Gasteiger partial charge in [-0.3, -0.25) is 0 Å². The molecule has 25 heavy (non-hydrogen) atoms. The molecule has 0 spiro atoms. The van der Waals surface area contributed by atoms with E-state index in [1.54, 1.807) is 0 Å². The minimum absolute atomic E-state index is 0.125. The molecule has 0 radical (unpaired) electrons. The van der Waals surface area contributed by atoms with Crippen LogP contribution in [0.25, 0.3) is 10.2 Å². The van der Waals surface area contributed by atoms with Crippen LogP contribution in [0.4, 0.5) is 0 Å². The number of pyridine rings is 1. The van der Waals surface area contributed by atoms with E-state index in [0.29, 0.717) is 16.3 Å². The van der Waals surface area contributed by atoms with Gasteiger partial charge in [-0.2, -0.15) is 5.26 Å². The van der Waals surface area contributed by atoms with Crippen molar-refractivity contribution in [3.8, 4) is 11.8 Å². The first-order valence-corrected chi connectivity index (χ1v) is 8.93. The molecule has 2 N–H and O–H groups in total.